The zero-order chi connectivity index (χ0) is 14.4. The molecular formula is C16H35NO. The quantitative estimate of drug-likeness (QED) is 0.693. The molecule has 0 aromatic heterocycles. The zero-order valence-electron chi connectivity index (χ0n) is 13.9. The molecule has 1 atom stereocenters. The first-order chi connectivity index (χ1) is 8.02. The van der Waals surface area contributed by atoms with Crippen LogP contribution in [-0.2, 0) is 4.74 Å². The van der Waals surface area contributed by atoms with Gasteiger partial charge < -0.3 is 10.1 Å². The molecule has 0 saturated heterocycles. The Bertz CT molecular complexity index is 210. The summed E-state index contributed by atoms with van der Waals surface area (Å²) in [4.78, 5) is 0. The van der Waals surface area contributed by atoms with Gasteiger partial charge in [-0.15, -0.1) is 0 Å². The van der Waals surface area contributed by atoms with Crippen molar-refractivity contribution < 1.29 is 4.74 Å². The summed E-state index contributed by atoms with van der Waals surface area (Å²) in [5.41, 5.74) is 0.529. The maximum atomic E-state index is 5.72. The molecule has 1 unspecified atom stereocenters. The van der Waals surface area contributed by atoms with Crippen molar-refractivity contribution in [2.45, 2.75) is 67.3 Å². The lowest BCUT2D eigenvalue weighted by Gasteiger charge is -2.34. The molecule has 0 bridgehead atoms. The third-order valence-corrected chi connectivity index (χ3v) is 3.17. The molecular weight excluding hydrogens is 222 g/mol. The summed E-state index contributed by atoms with van der Waals surface area (Å²) in [5, 5.41) is 3.62. The smallest absolute Gasteiger partial charge is 0.0488 e. The van der Waals surface area contributed by atoms with E-state index in [1.807, 2.05) is 0 Å². The van der Waals surface area contributed by atoms with Crippen LogP contribution in [0.1, 0.15) is 61.8 Å². The highest BCUT2D eigenvalue weighted by molar-refractivity contribution is 4.80. The van der Waals surface area contributed by atoms with Crippen molar-refractivity contribution in [2.24, 2.45) is 17.3 Å². The Hall–Kier alpha value is -0.0800. The van der Waals surface area contributed by atoms with E-state index in [-0.39, 0.29) is 5.54 Å². The molecule has 2 nitrogen and oxygen atoms in total. The number of rotatable bonds is 7. The van der Waals surface area contributed by atoms with Gasteiger partial charge in [-0.25, -0.2) is 0 Å². The molecule has 0 aliphatic heterocycles. The maximum absolute atomic E-state index is 5.72. The lowest BCUT2D eigenvalue weighted by molar-refractivity contribution is 0.0781. The maximum Gasteiger partial charge on any atom is 0.0488 e. The first-order valence-corrected chi connectivity index (χ1v) is 7.35. The predicted octanol–water partition coefficient (Wildman–Crippen LogP) is 4.10. The van der Waals surface area contributed by atoms with E-state index in [1.54, 1.807) is 0 Å². The van der Waals surface area contributed by atoms with Gasteiger partial charge in [0.15, 0.2) is 0 Å². The van der Waals surface area contributed by atoms with Crippen LogP contribution in [-0.4, -0.2) is 25.3 Å². The Kier molecular flexibility index (Phi) is 7.46. The topological polar surface area (TPSA) is 21.3 Å². The number of ether oxygens (including phenoxy) is 1. The van der Waals surface area contributed by atoms with E-state index in [1.165, 1.54) is 0 Å². The summed E-state index contributed by atoms with van der Waals surface area (Å²) < 4.78 is 5.72. The van der Waals surface area contributed by atoms with Crippen LogP contribution in [0.2, 0.25) is 0 Å². The summed E-state index contributed by atoms with van der Waals surface area (Å²) in [6, 6.07) is 0. The molecule has 0 aromatic rings. The van der Waals surface area contributed by atoms with Crippen molar-refractivity contribution in [2.75, 3.05) is 19.8 Å². The lowest BCUT2D eigenvalue weighted by atomic mass is 9.78. The molecule has 0 aliphatic rings. The van der Waals surface area contributed by atoms with Gasteiger partial charge in [-0.05, 0) is 51.0 Å². The summed E-state index contributed by atoms with van der Waals surface area (Å²) in [7, 11) is 0. The molecule has 0 saturated carbocycles. The second-order valence-electron chi connectivity index (χ2n) is 7.95. The number of hydrogen-bond acceptors (Lipinski definition) is 2. The molecule has 0 aliphatic carbocycles. The molecule has 0 fully saturated rings. The Balaban J connectivity index is 4.10. The van der Waals surface area contributed by atoms with Gasteiger partial charge in [-0.1, -0.05) is 34.6 Å². The number of nitrogens with one attached hydrogen (secondary N) is 1. The van der Waals surface area contributed by atoms with Gasteiger partial charge in [-0.3, -0.25) is 0 Å². The van der Waals surface area contributed by atoms with Crippen LogP contribution in [0.3, 0.4) is 0 Å². The van der Waals surface area contributed by atoms with Gasteiger partial charge in [0.25, 0.3) is 0 Å². The fourth-order valence-corrected chi connectivity index (χ4v) is 1.82. The van der Waals surface area contributed by atoms with Gasteiger partial charge in [0.05, 0.1) is 0 Å². The van der Waals surface area contributed by atoms with Crippen LogP contribution in [0.25, 0.3) is 0 Å². The SMILES string of the molecule is CC(C)COCCC(CNC(C)(C)C)C(C)(C)C. The van der Waals surface area contributed by atoms with E-state index >= 15 is 0 Å². The van der Waals surface area contributed by atoms with Gasteiger partial charge in [0.2, 0.25) is 0 Å². The van der Waals surface area contributed by atoms with Crippen LogP contribution in [0, 0.1) is 17.3 Å². The highest BCUT2D eigenvalue weighted by Crippen LogP contribution is 2.28. The molecule has 110 valence electrons. The lowest BCUT2D eigenvalue weighted by Crippen LogP contribution is -2.42. The summed E-state index contributed by atoms with van der Waals surface area (Å²) in [6.07, 6.45) is 1.14. The second-order valence-corrected chi connectivity index (χ2v) is 7.95. The van der Waals surface area contributed by atoms with E-state index in [9.17, 15) is 0 Å². The molecule has 0 spiro atoms. The van der Waals surface area contributed by atoms with Crippen LogP contribution >= 0.6 is 0 Å². The normalized spacial score (nSPS) is 15.2. The van der Waals surface area contributed by atoms with Crippen LogP contribution in [0.15, 0.2) is 0 Å². The largest absolute Gasteiger partial charge is 0.381 e. The van der Waals surface area contributed by atoms with Crippen LogP contribution < -0.4 is 5.32 Å². The van der Waals surface area contributed by atoms with E-state index in [2.05, 4.69) is 60.7 Å². The third kappa shape index (κ3) is 9.90. The first kappa shape index (κ1) is 17.9. The molecule has 0 aromatic carbocycles. The fourth-order valence-electron chi connectivity index (χ4n) is 1.82. The van der Waals surface area contributed by atoms with Crippen molar-refractivity contribution in [3.63, 3.8) is 0 Å². The molecule has 1 N–H and O–H groups in total. The fraction of sp³-hybridized carbons (Fsp3) is 1.00. The molecule has 0 amide bonds. The Morgan fingerprint density at radius 1 is 1.00 bits per heavy atom. The Labute approximate surface area is 115 Å². The van der Waals surface area contributed by atoms with Gasteiger partial charge >= 0.3 is 0 Å². The molecule has 18 heavy (non-hydrogen) atoms. The van der Waals surface area contributed by atoms with Gasteiger partial charge in [0.1, 0.15) is 0 Å². The first-order valence-electron chi connectivity index (χ1n) is 7.35. The highest BCUT2D eigenvalue weighted by atomic mass is 16.5. The van der Waals surface area contributed by atoms with Crippen molar-refractivity contribution in [1.29, 1.82) is 0 Å². The van der Waals surface area contributed by atoms with Crippen molar-refractivity contribution in [1.82, 2.24) is 5.32 Å². The predicted molar refractivity (Wildman–Crippen MR) is 81.0 cm³/mol. The summed E-state index contributed by atoms with van der Waals surface area (Å²) in [6.45, 7) is 20.9. The average molecular weight is 257 g/mol. The molecule has 2 heteroatoms. The van der Waals surface area contributed by atoms with Crippen LogP contribution in [0.5, 0.6) is 0 Å². The second kappa shape index (κ2) is 7.49. The van der Waals surface area contributed by atoms with Crippen molar-refractivity contribution in [3.8, 4) is 0 Å². The molecule has 0 rings (SSSR count). The molecule has 0 radical (unpaired) electrons. The Morgan fingerprint density at radius 2 is 1.56 bits per heavy atom. The van der Waals surface area contributed by atoms with E-state index in [4.69, 9.17) is 4.74 Å². The average Bonchev–Trinajstić information content (AvgIpc) is 2.12. The Morgan fingerprint density at radius 3 is 1.94 bits per heavy atom. The van der Waals surface area contributed by atoms with E-state index < -0.39 is 0 Å². The minimum Gasteiger partial charge on any atom is -0.381 e. The number of hydrogen-bond donors (Lipinski definition) is 1. The summed E-state index contributed by atoms with van der Waals surface area (Å²) >= 11 is 0. The zero-order valence-corrected chi connectivity index (χ0v) is 13.9. The standard InChI is InChI=1S/C16H35NO/c1-13(2)12-18-10-9-14(15(3,4)5)11-17-16(6,7)8/h13-14,17H,9-12H2,1-8H3. The highest BCUT2D eigenvalue weighted by Gasteiger charge is 2.25. The van der Waals surface area contributed by atoms with Gasteiger partial charge in [0, 0.05) is 18.8 Å². The summed E-state index contributed by atoms with van der Waals surface area (Å²) in [5.74, 6) is 1.29. The minimum atomic E-state index is 0.197. The minimum absolute atomic E-state index is 0.197. The van der Waals surface area contributed by atoms with Crippen molar-refractivity contribution in [3.05, 3.63) is 0 Å². The van der Waals surface area contributed by atoms with E-state index in [0.717, 1.165) is 26.2 Å². The van der Waals surface area contributed by atoms with Crippen LogP contribution in [0.4, 0.5) is 0 Å². The monoisotopic (exact) mass is 257 g/mol. The van der Waals surface area contributed by atoms with Gasteiger partial charge in [-0.2, -0.15) is 0 Å². The molecule has 0 heterocycles. The van der Waals surface area contributed by atoms with Crippen molar-refractivity contribution >= 4 is 0 Å². The van der Waals surface area contributed by atoms with E-state index in [0.29, 0.717) is 17.3 Å². The third-order valence-electron chi connectivity index (χ3n) is 3.17.